The Kier molecular flexibility index (Phi) is 3.17. The number of pyridine rings is 1. The predicted molar refractivity (Wildman–Crippen MR) is 108 cm³/mol. The predicted octanol–water partition coefficient (Wildman–Crippen LogP) is 5.35. The molecule has 0 aliphatic heterocycles. The summed E-state index contributed by atoms with van der Waals surface area (Å²) >= 11 is 0. The van der Waals surface area contributed by atoms with E-state index in [-0.39, 0.29) is 0 Å². The minimum absolute atomic E-state index is 1.23. The minimum Gasteiger partial charge on any atom is -0.225 e. The van der Waals surface area contributed by atoms with Crippen molar-refractivity contribution in [2.75, 3.05) is 0 Å². The number of aryl methyl sites for hydroxylation is 3. The summed E-state index contributed by atoms with van der Waals surface area (Å²) in [5.74, 6) is 0. The van der Waals surface area contributed by atoms with Crippen LogP contribution in [-0.4, -0.2) is 4.57 Å². The van der Waals surface area contributed by atoms with Crippen molar-refractivity contribution in [3.8, 4) is 11.3 Å². The Morgan fingerprint density at radius 2 is 1.42 bits per heavy atom. The molecule has 0 saturated heterocycles. The molecule has 0 aliphatic rings. The van der Waals surface area contributed by atoms with Gasteiger partial charge in [-0.2, -0.15) is 4.40 Å². The van der Waals surface area contributed by atoms with Gasteiger partial charge in [-0.1, -0.05) is 60.7 Å². The van der Waals surface area contributed by atoms with E-state index in [1.165, 1.54) is 49.7 Å². The topological polar surface area (TPSA) is 9.03 Å². The van der Waals surface area contributed by atoms with Gasteiger partial charge in [-0.25, -0.2) is 4.57 Å². The summed E-state index contributed by atoms with van der Waals surface area (Å²) in [5.41, 5.74) is 7.60. The van der Waals surface area contributed by atoms with Crippen LogP contribution < -0.4 is 4.40 Å². The maximum atomic E-state index is 2.36. The summed E-state index contributed by atoms with van der Waals surface area (Å²) in [5, 5.41) is 4.01. The van der Waals surface area contributed by atoms with Gasteiger partial charge in [0.05, 0.1) is 12.4 Å². The number of hydrogen-bond donors (Lipinski definition) is 0. The van der Waals surface area contributed by atoms with Crippen molar-refractivity contribution in [1.82, 2.24) is 4.57 Å². The summed E-state index contributed by atoms with van der Waals surface area (Å²) in [7, 11) is 2.17. The molecule has 0 aliphatic carbocycles. The molecular weight excluding hydrogens is 316 g/mol. The van der Waals surface area contributed by atoms with E-state index in [1.54, 1.807) is 0 Å². The molecule has 5 aromatic rings. The lowest BCUT2D eigenvalue weighted by molar-refractivity contribution is -0.478. The number of imidazole rings is 1. The fourth-order valence-electron chi connectivity index (χ4n) is 4.27. The smallest absolute Gasteiger partial charge is 0.225 e. The highest BCUT2D eigenvalue weighted by Gasteiger charge is 2.23. The normalized spacial score (nSPS) is 11.7. The number of fused-ring (bicyclic) bond motifs is 6. The quantitative estimate of drug-likeness (QED) is 0.288. The molecular formula is C24H21N2+. The Bertz CT molecular complexity index is 1290. The first-order valence-corrected chi connectivity index (χ1v) is 9.04. The number of benzene rings is 3. The van der Waals surface area contributed by atoms with Crippen molar-refractivity contribution in [3.05, 3.63) is 84.1 Å². The Morgan fingerprint density at radius 3 is 2.19 bits per heavy atom. The molecule has 2 nitrogen and oxygen atoms in total. The van der Waals surface area contributed by atoms with Gasteiger partial charge < -0.3 is 0 Å². The third-order valence-corrected chi connectivity index (χ3v) is 5.50. The Morgan fingerprint density at radius 1 is 0.731 bits per heavy atom. The fraction of sp³-hybridized carbons (Fsp3) is 0.125. The van der Waals surface area contributed by atoms with Crippen LogP contribution >= 0.6 is 0 Å². The first kappa shape index (κ1) is 15.2. The van der Waals surface area contributed by atoms with Crippen LogP contribution in [0.5, 0.6) is 0 Å². The molecule has 0 amide bonds. The maximum Gasteiger partial charge on any atom is 0.295 e. The fourth-order valence-corrected chi connectivity index (χ4v) is 4.27. The van der Waals surface area contributed by atoms with E-state index in [1.807, 2.05) is 0 Å². The molecule has 3 aromatic carbocycles. The monoisotopic (exact) mass is 337 g/mol. The second-order valence-corrected chi connectivity index (χ2v) is 7.10. The van der Waals surface area contributed by atoms with Gasteiger partial charge in [0.2, 0.25) is 0 Å². The van der Waals surface area contributed by atoms with Crippen LogP contribution in [0.3, 0.4) is 0 Å². The van der Waals surface area contributed by atoms with E-state index < -0.39 is 0 Å². The molecule has 0 unspecified atom stereocenters. The van der Waals surface area contributed by atoms with Crippen LogP contribution in [-0.2, 0) is 7.05 Å². The van der Waals surface area contributed by atoms with Crippen molar-refractivity contribution in [1.29, 1.82) is 0 Å². The van der Waals surface area contributed by atoms with Gasteiger partial charge in [0, 0.05) is 16.3 Å². The second kappa shape index (κ2) is 5.43. The standard InChI is InChI=1S/C24H21N2/c1-16-10-8-14-20-22(16)19-13-7-9-17(2)23(19)24-25(3)21(15-26(20)24)18-11-5-4-6-12-18/h4-15H,1-3H3/q+1. The van der Waals surface area contributed by atoms with Crippen LogP contribution in [0.2, 0.25) is 0 Å². The number of aromatic nitrogens is 2. The highest BCUT2D eigenvalue weighted by Crippen LogP contribution is 2.32. The Labute approximate surface area is 152 Å². The molecule has 0 saturated carbocycles. The van der Waals surface area contributed by atoms with Gasteiger partial charge in [0.25, 0.3) is 5.65 Å². The lowest BCUT2D eigenvalue weighted by Crippen LogP contribution is -2.21. The molecule has 0 N–H and O–H groups in total. The van der Waals surface area contributed by atoms with Gasteiger partial charge >= 0.3 is 0 Å². The van der Waals surface area contributed by atoms with E-state index in [4.69, 9.17) is 0 Å². The lowest BCUT2D eigenvalue weighted by atomic mass is 9.99. The molecule has 0 radical (unpaired) electrons. The van der Waals surface area contributed by atoms with E-state index in [9.17, 15) is 0 Å². The van der Waals surface area contributed by atoms with E-state index in [2.05, 4.69) is 103 Å². The van der Waals surface area contributed by atoms with Crippen LogP contribution in [0.4, 0.5) is 0 Å². The highest BCUT2D eigenvalue weighted by atomic mass is 15.1. The largest absolute Gasteiger partial charge is 0.295 e. The van der Waals surface area contributed by atoms with E-state index in [0.29, 0.717) is 0 Å². The first-order chi connectivity index (χ1) is 12.7. The van der Waals surface area contributed by atoms with Gasteiger partial charge in [0.15, 0.2) is 5.69 Å². The average Bonchev–Trinajstić information content (AvgIpc) is 3.00. The average molecular weight is 337 g/mol. The zero-order chi connectivity index (χ0) is 17.8. The Balaban J connectivity index is 2.09. The molecule has 2 heteroatoms. The van der Waals surface area contributed by atoms with Crippen molar-refractivity contribution < 1.29 is 4.40 Å². The highest BCUT2D eigenvalue weighted by molar-refractivity contribution is 6.11. The van der Waals surface area contributed by atoms with Crippen molar-refractivity contribution >= 4 is 27.3 Å². The van der Waals surface area contributed by atoms with Crippen LogP contribution in [0.1, 0.15) is 11.1 Å². The zero-order valence-corrected chi connectivity index (χ0v) is 15.3. The van der Waals surface area contributed by atoms with E-state index >= 15 is 0 Å². The third kappa shape index (κ3) is 1.96. The Hall–Kier alpha value is -3.13. The van der Waals surface area contributed by atoms with Gasteiger partial charge in [0.1, 0.15) is 11.7 Å². The van der Waals surface area contributed by atoms with Crippen LogP contribution in [0.25, 0.3) is 38.6 Å². The number of nitrogens with zero attached hydrogens (tertiary/aromatic N) is 2. The summed E-state index contributed by atoms with van der Waals surface area (Å²) in [6.45, 7) is 4.42. The third-order valence-electron chi connectivity index (χ3n) is 5.50. The van der Waals surface area contributed by atoms with Gasteiger partial charge in [-0.15, -0.1) is 0 Å². The lowest BCUT2D eigenvalue weighted by Gasteiger charge is -2.08. The molecule has 0 fully saturated rings. The van der Waals surface area contributed by atoms with Crippen molar-refractivity contribution in [3.63, 3.8) is 0 Å². The minimum atomic E-state index is 1.23. The van der Waals surface area contributed by atoms with Crippen LogP contribution in [0.15, 0.2) is 72.9 Å². The number of rotatable bonds is 1. The molecule has 5 rings (SSSR count). The first-order valence-electron chi connectivity index (χ1n) is 9.04. The summed E-state index contributed by atoms with van der Waals surface area (Å²) in [6.07, 6.45) is 2.28. The molecule has 0 spiro atoms. The second-order valence-electron chi connectivity index (χ2n) is 7.10. The van der Waals surface area contributed by atoms with Gasteiger partial charge in [-0.05, 0) is 31.0 Å². The number of hydrogen-bond acceptors (Lipinski definition) is 0. The SMILES string of the molecule is Cc1cccc2c1c1cccc(C)c1c1n(C)c(-c3ccccc3)c[n+]21. The zero-order valence-electron chi connectivity index (χ0n) is 15.3. The molecule has 2 heterocycles. The molecule has 0 atom stereocenters. The van der Waals surface area contributed by atoms with Crippen LogP contribution in [0, 0.1) is 13.8 Å². The van der Waals surface area contributed by atoms with Crippen molar-refractivity contribution in [2.45, 2.75) is 13.8 Å². The molecule has 0 bridgehead atoms. The molecule has 26 heavy (non-hydrogen) atoms. The maximum absolute atomic E-state index is 2.36. The van der Waals surface area contributed by atoms with Gasteiger partial charge in [-0.3, -0.25) is 0 Å². The summed E-state index contributed by atoms with van der Waals surface area (Å²) < 4.78 is 4.69. The molecule has 2 aromatic heterocycles. The summed E-state index contributed by atoms with van der Waals surface area (Å²) in [4.78, 5) is 0. The van der Waals surface area contributed by atoms with E-state index in [0.717, 1.165) is 0 Å². The summed E-state index contributed by atoms with van der Waals surface area (Å²) in [6, 6.07) is 23.8. The molecule has 126 valence electrons. The van der Waals surface area contributed by atoms with Crippen molar-refractivity contribution in [2.24, 2.45) is 7.05 Å².